The number of aromatic nitrogens is 2. The lowest BCUT2D eigenvalue weighted by atomic mass is 9.85. The van der Waals surface area contributed by atoms with Crippen molar-refractivity contribution in [3.8, 4) is 0 Å². The van der Waals surface area contributed by atoms with E-state index in [1.54, 1.807) is 0 Å². The van der Waals surface area contributed by atoms with Crippen LogP contribution in [0.15, 0.2) is 42.7 Å². The van der Waals surface area contributed by atoms with Crippen molar-refractivity contribution in [3.63, 3.8) is 0 Å². The molecule has 1 aromatic carbocycles. The molecule has 0 spiro atoms. The second kappa shape index (κ2) is 5.99. The molecule has 0 amide bonds. The van der Waals surface area contributed by atoms with Crippen LogP contribution in [-0.4, -0.2) is 28.0 Å². The van der Waals surface area contributed by atoms with Gasteiger partial charge in [-0.3, -0.25) is 4.98 Å². The summed E-state index contributed by atoms with van der Waals surface area (Å²) in [6.07, 6.45) is 4.99. The van der Waals surface area contributed by atoms with Crippen LogP contribution >= 0.6 is 0 Å². The molecular formula is C22H27N3. The van der Waals surface area contributed by atoms with Gasteiger partial charge in [0.2, 0.25) is 0 Å². The van der Waals surface area contributed by atoms with Gasteiger partial charge in [0.25, 0.3) is 0 Å². The highest BCUT2D eigenvalue weighted by Gasteiger charge is 2.27. The molecule has 2 aromatic heterocycles. The largest absolute Gasteiger partial charge is 0.343 e. The Balaban J connectivity index is 1.85. The Morgan fingerprint density at radius 1 is 1.20 bits per heavy atom. The monoisotopic (exact) mass is 333 g/mol. The zero-order valence-electron chi connectivity index (χ0n) is 15.7. The average Bonchev–Trinajstić information content (AvgIpc) is 2.88. The number of aryl methyl sites for hydroxylation is 1. The van der Waals surface area contributed by atoms with Gasteiger partial charge in [-0.05, 0) is 43.3 Å². The number of fused-ring (bicyclic) bond motifs is 3. The van der Waals surface area contributed by atoms with Crippen molar-refractivity contribution < 1.29 is 0 Å². The van der Waals surface area contributed by atoms with Gasteiger partial charge in [0.05, 0.1) is 0 Å². The van der Waals surface area contributed by atoms with Crippen molar-refractivity contribution in [2.24, 2.45) is 0 Å². The van der Waals surface area contributed by atoms with Crippen molar-refractivity contribution in [1.82, 2.24) is 14.5 Å². The molecule has 4 rings (SSSR count). The van der Waals surface area contributed by atoms with E-state index < -0.39 is 0 Å². The van der Waals surface area contributed by atoms with Gasteiger partial charge in [0.15, 0.2) is 0 Å². The van der Waals surface area contributed by atoms with Gasteiger partial charge in [-0.25, -0.2) is 0 Å². The van der Waals surface area contributed by atoms with Gasteiger partial charge in [0.1, 0.15) is 0 Å². The smallest absolute Gasteiger partial charge is 0.0486 e. The molecule has 0 saturated carbocycles. The van der Waals surface area contributed by atoms with Crippen molar-refractivity contribution in [1.29, 1.82) is 0 Å². The van der Waals surface area contributed by atoms with E-state index in [0.717, 1.165) is 26.1 Å². The summed E-state index contributed by atoms with van der Waals surface area (Å²) in [5.74, 6) is 0. The topological polar surface area (TPSA) is 21.1 Å². The van der Waals surface area contributed by atoms with Crippen LogP contribution in [0, 0.1) is 6.92 Å². The molecule has 0 radical (unpaired) electrons. The Morgan fingerprint density at radius 2 is 2.04 bits per heavy atom. The predicted molar refractivity (Wildman–Crippen MR) is 104 cm³/mol. The second-order valence-electron chi connectivity index (χ2n) is 8.15. The number of benzene rings is 1. The molecule has 3 aromatic rings. The van der Waals surface area contributed by atoms with Gasteiger partial charge >= 0.3 is 0 Å². The van der Waals surface area contributed by atoms with Crippen LogP contribution in [-0.2, 0) is 24.9 Å². The van der Waals surface area contributed by atoms with E-state index in [-0.39, 0.29) is 5.41 Å². The summed E-state index contributed by atoms with van der Waals surface area (Å²) in [6, 6.07) is 11.1. The Hall–Kier alpha value is -2.13. The first-order valence-corrected chi connectivity index (χ1v) is 9.15. The minimum atomic E-state index is 0.0439. The molecule has 1 aliphatic rings. The summed E-state index contributed by atoms with van der Waals surface area (Å²) < 4.78 is 2.57. The standard InChI is InChI=1S/C22H27N3/c1-16-7-8-20-18(12-16)19-14-24(4)11-9-21(19)25(20)15-22(2,3)17-6-5-10-23-13-17/h5-8,10,12-13H,9,11,14-15H2,1-4H3. The first-order valence-electron chi connectivity index (χ1n) is 9.15. The molecular weight excluding hydrogens is 306 g/mol. The quantitative estimate of drug-likeness (QED) is 0.712. The number of rotatable bonds is 3. The van der Waals surface area contributed by atoms with E-state index >= 15 is 0 Å². The molecule has 3 nitrogen and oxygen atoms in total. The normalized spacial score (nSPS) is 15.5. The average molecular weight is 333 g/mol. The molecule has 130 valence electrons. The molecule has 3 heteroatoms. The maximum absolute atomic E-state index is 4.34. The van der Waals surface area contributed by atoms with Crippen LogP contribution in [0.25, 0.3) is 10.9 Å². The lowest BCUT2D eigenvalue weighted by molar-refractivity contribution is 0.306. The van der Waals surface area contributed by atoms with Crippen molar-refractivity contribution in [2.45, 2.75) is 45.7 Å². The van der Waals surface area contributed by atoms with Gasteiger partial charge in [-0.15, -0.1) is 0 Å². The Labute approximate surface area is 150 Å². The molecule has 0 unspecified atom stereocenters. The fraction of sp³-hybridized carbons (Fsp3) is 0.409. The number of hydrogen-bond acceptors (Lipinski definition) is 2. The zero-order valence-corrected chi connectivity index (χ0v) is 15.7. The Bertz CT molecular complexity index is 906. The number of nitrogens with zero attached hydrogens (tertiary/aromatic N) is 3. The molecule has 0 saturated heterocycles. The van der Waals surface area contributed by atoms with E-state index in [4.69, 9.17) is 0 Å². The van der Waals surface area contributed by atoms with Gasteiger partial charge in [-0.1, -0.05) is 31.5 Å². The highest BCUT2D eigenvalue weighted by Crippen LogP contribution is 2.34. The lowest BCUT2D eigenvalue weighted by Crippen LogP contribution is -2.30. The summed E-state index contributed by atoms with van der Waals surface area (Å²) in [7, 11) is 2.22. The van der Waals surface area contributed by atoms with Crippen molar-refractivity contribution in [2.75, 3.05) is 13.6 Å². The Morgan fingerprint density at radius 3 is 2.80 bits per heavy atom. The number of pyridine rings is 1. The van der Waals surface area contributed by atoms with Gasteiger partial charge < -0.3 is 9.47 Å². The summed E-state index contributed by atoms with van der Waals surface area (Å²) in [4.78, 5) is 6.77. The first-order chi connectivity index (χ1) is 12.0. The van der Waals surface area contributed by atoms with E-state index in [1.165, 1.54) is 33.3 Å². The van der Waals surface area contributed by atoms with E-state index in [2.05, 4.69) is 66.5 Å². The van der Waals surface area contributed by atoms with Crippen LogP contribution in [0.4, 0.5) is 0 Å². The van der Waals surface area contributed by atoms with Crippen LogP contribution < -0.4 is 0 Å². The summed E-state index contributed by atoms with van der Waals surface area (Å²) >= 11 is 0. The summed E-state index contributed by atoms with van der Waals surface area (Å²) in [5, 5.41) is 1.43. The highest BCUT2D eigenvalue weighted by atomic mass is 15.1. The van der Waals surface area contributed by atoms with Crippen molar-refractivity contribution in [3.05, 3.63) is 65.1 Å². The summed E-state index contributed by atoms with van der Waals surface area (Å²) in [6.45, 7) is 10.0. The molecule has 0 atom stereocenters. The van der Waals surface area contributed by atoms with Crippen LogP contribution in [0.1, 0.15) is 36.2 Å². The molecule has 0 fully saturated rings. The molecule has 0 N–H and O–H groups in total. The second-order valence-corrected chi connectivity index (χ2v) is 8.15. The molecule has 1 aliphatic heterocycles. The van der Waals surface area contributed by atoms with E-state index in [1.807, 2.05) is 18.5 Å². The third-order valence-corrected chi connectivity index (χ3v) is 5.60. The molecule has 0 bridgehead atoms. The summed E-state index contributed by atoms with van der Waals surface area (Å²) in [5.41, 5.74) is 7.10. The van der Waals surface area contributed by atoms with E-state index in [0.29, 0.717) is 0 Å². The molecule has 3 heterocycles. The van der Waals surface area contributed by atoms with Crippen LogP contribution in [0.2, 0.25) is 0 Å². The minimum absolute atomic E-state index is 0.0439. The Kier molecular flexibility index (Phi) is 3.92. The number of hydrogen-bond donors (Lipinski definition) is 0. The zero-order chi connectivity index (χ0) is 17.6. The third kappa shape index (κ3) is 2.87. The third-order valence-electron chi connectivity index (χ3n) is 5.60. The van der Waals surface area contributed by atoms with Crippen LogP contribution in [0.3, 0.4) is 0 Å². The fourth-order valence-electron chi connectivity index (χ4n) is 4.13. The maximum Gasteiger partial charge on any atom is 0.0486 e. The SMILES string of the molecule is Cc1ccc2c(c1)c1c(n2CC(C)(C)c2cccnc2)CCN(C)C1. The lowest BCUT2D eigenvalue weighted by Gasteiger charge is -2.29. The predicted octanol–water partition coefficient (Wildman–Crippen LogP) is 4.31. The number of likely N-dealkylation sites (N-methyl/N-ethyl adjacent to an activating group) is 1. The first kappa shape index (κ1) is 16.3. The van der Waals surface area contributed by atoms with Crippen LogP contribution in [0.5, 0.6) is 0 Å². The molecule has 0 aliphatic carbocycles. The molecule has 25 heavy (non-hydrogen) atoms. The fourth-order valence-corrected chi connectivity index (χ4v) is 4.13. The van der Waals surface area contributed by atoms with Gasteiger partial charge in [0, 0.05) is 60.5 Å². The van der Waals surface area contributed by atoms with Gasteiger partial charge in [-0.2, -0.15) is 0 Å². The van der Waals surface area contributed by atoms with E-state index in [9.17, 15) is 0 Å². The highest BCUT2D eigenvalue weighted by molar-refractivity contribution is 5.86. The minimum Gasteiger partial charge on any atom is -0.343 e. The van der Waals surface area contributed by atoms with Crippen molar-refractivity contribution >= 4 is 10.9 Å². The maximum atomic E-state index is 4.34.